The number of rotatable bonds is 8. The normalized spacial score (nSPS) is 12.9. The van der Waals surface area contributed by atoms with Crippen molar-refractivity contribution in [3.63, 3.8) is 0 Å². The highest BCUT2D eigenvalue weighted by atomic mass is 32.2. The van der Waals surface area contributed by atoms with Crippen molar-refractivity contribution in [2.24, 2.45) is 0 Å². The van der Waals surface area contributed by atoms with Crippen LogP contribution in [0.25, 0.3) is 0 Å². The highest BCUT2D eigenvalue weighted by Crippen LogP contribution is 2.28. The number of aliphatic hydroxyl groups excluding tert-OH is 1. The largest absolute Gasteiger partial charge is 0.497 e. The minimum Gasteiger partial charge on any atom is -0.497 e. The number of hydrogen-bond acceptors (Lipinski definition) is 6. The Kier molecular flexibility index (Phi) is 6.06. The number of aliphatic hydroxyl groups is 1. The molecule has 0 amide bonds. The number of methoxy groups -OCH3 is 1. The average Bonchev–Trinajstić information content (AvgIpc) is 2.45. The first-order chi connectivity index (χ1) is 9.81. The molecule has 118 valence electrons. The number of ether oxygens (including phenoxy) is 1. The molecule has 0 saturated heterocycles. The van der Waals surface area contributed by atoms with Crippen LogP contribution in [-0.2, 0) is 10.0 Å². The highest BCUT2D eigenvalue weighted by Gasteiger charge is 2.26. The van der Waals surface area contributed by atoms with Crippen molar-refractivity contribution in [2.75, 3.05) is 13.7 Å². The molecule has 0 heterocycles. The van der Waals surface area contributed by atoms with Crippen molar-refractivity contribution in [2.45, 2.75) is 30.8 Å². The fraction of sp³-hybridized carbons (Fsp3) is 0.500. The molecule has 9 heteroatoms. The molecule has 1 aromatic rings. The maximum absolute atomic E-state index is 12.1. The zero-order valence-corrected chi connectivity index (χ0v) is 12.6. The quantitative estimate of drug-likeness (QED) is 0.546. The molecular formula is C12H18N2O6S. The molecule has 0 aliphatic rings. The van der Waals surface area contributed by atoms with Gasteiger partial charge in [-0.05, 0) is 25.0 Å². The smallest absolute Gasteiger partial charge is 0.293 e. The number of nitro groups is 1. The monoisotopic (exact) mass is 318 g/mol. The lowest BCUT2D eigenvalue weighted by molar-refractivity contribution is -0.387. The van der Waals surface area contributed by atoms with Crippen LogP contribution in [0.15, 0.2) is 23.1 Å². The van der Waals surface area contributed by atoms with Crippen molar-refractivity contribution in [3.05, 3.63) is 28.3 Å². The summed E-state index contributed by atoms with van der Waals surface area (Å²) >= 11 is 0. The average molecular weight is 318 g/mol. The minimum absolute atomic E-state index is 0.000519. The van der Waals surface area contributed by atoms with Gasteiger partial charge in [-0.2, -0.15) is 0 Å². The maximum atomic E-state index is 12.1. The van der Waals surface area contributed by atoms with E-state index in [0.717, 1.165) is 12.1 Å². The second kappa shape index (κ2) is 7.34. The molecule has 1 aromatic carbocycles. The van der Waals surface area contributed by atoms with E-state index in [4.69, 9.17) is 4.74 Å². The summed E-state index contributed by atoms with van der Waals surface area (Å²) in [4.78, 5) is 9.77. The summed E-state index contributed by atoms with van der Waals surface area (Å²) in [7, 11) is -2.69. The van der Waals surface area contributed by atoms with Gasteiger partial charge in [-0.1, -0.05) is 6.92 Å². The molecule has 0 radical (unpaired) electrons. The fourth-order valence-electron chi connectivity index (χ4n) is 1.64. The molecule has 1 unspecified atom stereocenters. The van der Waals surface area contributed by atoms with Crippen molar-refractivity contribution in [3.8, 4) is 5.75 Å². The van der Waals surface area contributed by atoms with Crippen LogP contribution in [-0.4, -0.2) is 38.2 Å². The van der Waals surface area contributed by atoms with Gasteiger partial charge in [0.1, 0.15) is 5.75 Å². The molecule has 1 atom stereocenters. The molecular weight excluding hydrogens is 300 g/mol. The lowest BCUT2D eigenvalue weighted by Gasteiger charge is -2.10. The Morgan fingerprint density at radius 1 is 1.48 bits per heavy atom. The van der Waals surface area contributed by atoms with E-state index in [-0.39, 0.29) is 18.7 Å². The predicted molar refractivity (Wildman–Crippen MR) is 75.8 cm³/mol. The summed E-state index contributed by atoms with van der Waals surface area (Å²) < 4.78 is 31.3. The Bertz CT molecular complexity index is 602. The summed E-state index contributed by atoms with van der Waals surface area (Å²) in [6.45, 7) is 1.77. The van der Waals surface area contributed by atoms with Crippen LogP contribution in [0.3, 0.4) is 0 Å². The zero-order valence-electron chi connectivity index (χ0n) is 11.8. The van der Waals surface area contributed by atoms with Gasteiger partial charge in [-0.3, -0.25) is 10.1 Å². The number of benzene rings is 1. The molecule has 0 spiro atoms. The zero-order chi connectivity index (χ0) is 16.0. The lowest BCUT2D eigenvalue weighted by atomic mass is 10.2. The molecule has 0 fully saturated rings. The number of sulfonamides is 1. The molecule has 21 heavy (non-hydrogen) atoms. The second-order valence-electron chi connectivity index (χ2n) is 4.34. The Balaban J connectivity index is 2.99. The number of nitro benzene ring substituents is 1. The number of hydrogen-bond donors (Lipinski definition) is 2. The highest BCUT2D eigenvalue weighted by molar-refractivity contribution is 7.89. The van der Waals surface area contributed by atoms with Crippen LogP contribution < -0.4 is 9.46 Å². The van der Waals surface area contributed by atoms with Gasteiger partial charge in [0.2, 0.25) is 10.0 Å². The number of nitrogens with one attached hydrogen (secondary N) is 1. The van der Waals surface area contributed by atoms with Crippen LogP contribution in [0, 0.1) is 10.1 Å². The first kappa shape index (κ1) is 17.3. The number of nitrogens with zero attached hydrogens (tertiary/aromatic N) is 1. The van der Waals surface area contributed by atoms with Gasteiger partial charge in [0.05, 0.1) is 24.2 Å². The lowest BCUT2D eigenvalue weighted by Crippen LogP contribution is -2.27. The van der Waals surface area contributed by atoms with E-state index in [9.17, 15) is 23.6 Å². The van der Waals surface area contributed by atoms with Gasteiger partial charge in [0.25, 0.3) is 5.69 Å². The van der Waals surface area contributed by atoms with Gasteiger partial charge >= 0.3 is 0 Å². The standard InChI is InChI=1S/C12H18N2O6S/c1-3-9(15)6-7-13-21(18,19)12-5-4-10(20-2)8-11(12)14(16)17/h4-5,8-9,13,15H,3,6-7H2,1-2H3. The molecule has 2 N–H and O–H groups in total. The Morgan fingerprint density at radius 3 is 2.67 bits per heavy atom. The van der Waals surface area contributed by atoms with E-state index in [1.54, 1.807) is 6.92 Å². The van der Waals surface area contributed by atoms with Crippen molar-refractivity contribution in [1.82, 2.24) is 4.72 Å². The first-order valence-electron chi connectivity index (χ1n) is 6.32. The van der Waals surface area contributed by atoms with E-state index < -0.39 is 31.6 Å². The molecule has 0 aromatic heterocycles. The van der Waals surface area contributed by atoms with Gasteiger partial charge in [-0.25, -0.2) is 13.1 Å². The minimum atomic E-state index is -4.02. The predicted octanol–water partition coefficient (Wildman–Crippen LogP) is 1.04. The van der Waals surface area contributed by atoms with Crippen molar-refractivity contribution >= 4 is 15.7 Å². The van der Waals surface area contributed by atoms with Crippen molar-refractivity contribution in [1.29, 1.82) is 0 Å². The summed E-state index contributed by atoms with van der Waals surface area (Å²) in [5, 5.41) is 20.4. The third-order valence-electron chi connectivity index (χ3n) is 2.89. The van der Waals surface area contributed by atoms with Gasteiger partial charge in [0, 0.05) is 6.54 Å². The van der Waals surface area contributed by atoms with Crippen LogP contribution in [0.4, 0.5) is 5.69 Å². The van der Waals surface area contributed by atoms with Gasteiger partial charge in [-0.15, -0.1) is 0 Å². The van der Waals surface area contributed by atoms with Gasteiger partial charge in [0.15, 0.2) is 4.90 Å². The molecule has 8 nitrogen and oxygen atoms in total. The van der Waals surface area contributed by atoms with Crippen LogP contribution in [0.1, 0.15) is 19.8 Å². The van der Waals surface area contributed by atoms with Crippen LogP contribution in [0.5, 0.6) is 5.75 Å². The second-order valence-corrected chi connectivity index (χ2v) is 6.07. The van der Waals surface area contributed by atoms with E-state index in [1.165, 1.54) is 13.2 Å². The summed E-state index contributed by atoms with van der Waals surface area (Å²) in [5.74, 6) is 0.196. The Labute approximate surface area is 122 Å². The Morgan fingerprint density at radius 2 is 2.14 bits per heavy atom. The third kappa shape index (κ3) is 4.66. The van der Waals surface area contributed by atoms with E-state index in [0.29, 0.717) is 6.42 Å². The van der Waals surface area contributed by atoms with E-state index in [2.05, 4.69) is 4.72 Å². The third-order valence-corrected chi connectivity index (χ3v) is 4.40. The van der Waals surface area contributed by atoms with Crippen LogP contribution >= 0.6 is 0 Å². The maximum Gasteiger partial charge on any atom is 0.293 e. The van der Waals surface area contributed by atoms with E-state index >= 15 is 0 Å². The van der Waals surface area contributed by atoms with Gasteiger partial charge < -0.3 is 9.84 Å². The topological polar surface area (TPSA) is 119 Å². The molecule has 0 bridgehead atoms. The summed E-state index contributed by atoms with van der Waals surface area (Å²) in [6, 6.07) is 3.51. The molecule has 0 aliphatic heterocycles. The summed E-state index contributed by atoms with van der Waals surface area (Å²) in [5.41, 5.74) is -0.558. The fourth-order valence-corrected chi connectivity index (χ4v) is 2.83. The SMILES string of the molecule is CCC(O)CCNS(=O)(=O)c1ccc(OC)cc1[N+](=O)[O-]. The van der Waals surface area contributed by atoms with Crippen molar-refractivity contribution < 1.29 is 23.2 Å². The van der Waals surface area contributed by atoms with E-state index in [1.807, 2.05) is 0 Å². The summed E-state index contributed by atoms with van der Waals surface area (Å²) in [6.07, 6.45) is 0.128. The molecule has 0 saturated carbocycles. The first-order valence-corrected chi connectivity index (χ1v) is 7.80. The Hall–Kier alpha value is -1.71. The molecule has 1 rings (SSSR count). The molecule has 0 aliphatic carbocycles. The van der Waals surface area contributed by atoms with Crippen LogP contribution in [0.2, 0.25) is 0 Å².